The van der Waals surface area contributed by atoms with Crippen LogP contribution in [0, 0.1) is 0 Å². The number of hydrogen-bond donors (Lipinski definition) is 2. The molecule has 132 valence electrons. The van der Waals surface area contributed by atoms with Crippen LogP contribution in [0.25, 0.3) is 0 Å². The molecule has 0 fully saturated rings. The lowest BCUT2D eigenvalue weighted by molar-refractivity contribution is -0.862. The third kappa shape index (κ3) is 5.06. The van der Waals surface area contributed by atoms with Crippen molar-refractivity contribution in [1.29, 1.82) is 0 Å². The first-order chi connectivity index (χ1) is 11.4. The second-order valence-corrected chi connectivity index (χ2v) is 7.12. The SMILES string of the molecule is C[C@H](NC(=O)C[NH+](C)CC(=O)N(C)C)c1ccc2c(c1)CCCC2. The Morgan fingerprint density at radius 2 is 1.83 bits per heavy atom. The van der Waals surface area contributed by atoms with Crippen molar-refractivity contribution in [3.05, 3.63) is 34.9 Å². The number of rotatable bonds is 6. The predicted molar refractivity (Wildman–Crippen MR) is 95.0 cm³/mol. The van der Waals surface area contributed by atoms with Crippen LogP contribution < -0.4 is 10.2 Å². The Bertz CT molecular complexity index is 598. The van der Waals surface area contributed by atoms with E-state index in [0.717, 1.165) is 16.9 Å². The highest BCUT2D eigenvalue weighted by Crippen LogP contribution is 2.24. The van der Waals surface area contributed by atoms with Crippen molar-refractivity contribution in [1.82, 2.24) is 10.2 Å². The van der Waals surface area contributed by atoms with Gasteiger partial charge in [-0.05, 0) is 49.3 Å². The summed E-state index contributed by atoms with van der Waals surface area (Å²) in [5, 5.41) is 3.05. The number of nitrogens with one attached hydrogen (secondary N) is 2. The highest BCUT2D eigenvalue weighted by molar-refractivity contribution is 5.79. The van der Waals surface area contributed by atoms with Gasteiger partial charge in [0.05, 0.1) is 13.1 Å². The van der Waals surface area contributed by atoms with Gasteiger partial charge in [-0.1, -0.05) is 18.2 Å². The molecule has 0 saturated heterocycles. The van der Waals surface area contributed by atoms with Crippen LogP contribution in [0.15, 0.2) is 18.2 Å². The van der Waals surface area contributed by atoms with Gasteiger partial charge in [-0.15, -0.1) is 0 Å². The van der Waals surface area contributed by atoms with Crippen LogP contribution in [0.2, 0.25) is 0 Å². The second kappa shape index (κ2) is 8.29. The van der Waals surface area contributed by atoms with Crippen molar-refractivity contribution in [3.63, 3.8) is 0 Å². The molecule has 1 aromatic carbocycles. The van der Waals surface area contributed by atoms with E-state index in [9.17, 15) is 9.59 Å². The van der Waals surface area contributed by atoms with Gasteiger partial charge in [-0.2, -0.15) is 0 Å². The minimum atomic E-state index is -0.0238. The van der Waals surface area contributed by atoms with Crippen molar-refractivity contribution in [2.24, 2.45) is 0 Å². The molecular weight excluding hydrogens is 302 g/mol. The zero-order valence-electron chi connectivity index (χ0n) is 15.3. The topological polar surface area (TPSA) is 53.9 Å². The minimum Gasteiger partial charge on any atom is -0.345 e. The molecule has 0 radical (unpaired) electrons. The van der Waals surface area contributed by atoms with Crippen molar-refractivity contribution in [3.8, 4) is 0 Å². The van der Waals surface area contributed by atoms with E-state index in [4.69, 9.17) is 0 Å². The van der Waals surface area contributed by atoms with Crippen LogP contribution in [0.5, 0.6) is 0 Å². The number of fused-ring (bicyclic) bond motifs is 1. The molecule has 24 heavy (non-hydrogen) atoms. The average molecular weight is 332 g/mol. The molecule has 1 aliphatic carbocycles. The molecule has 2 atom stereocenters. The molecule has 5 nitrogen and oxygen atoms in total. The summed E-state index contributed by atoms with van der Waals surface area (Å²) < 4.78 is 0. The normalized spacial score (nSPS) is 16.0. The van der Waals surface area contributed by atoms with Crippen LogP contribution >= 0.6 is 0 Å². The molecule has 0 aliphatic heterocycles. The number of benzene rings is 1. The molecule has 0 saturated carbocycles. The van der Waals surface area contributed by atoms with E-state index in [1.807, 2.05) is 14.0 Å². The standard InChI is InChI=1S/C19H29N3O2/c1-14(16-10-9-15-7-5-6-8-17(15)11-16)20-18(23)12-22(4)13-19(24)21(2)3/h9-11,14H,5-8,12-13H2,1-4H3,(H,20,23)/p+1/t14-/m0/s1. The molecule has 0 bridgehead atoms. The Morgan fingerprint density at radius 1 is 1.17 bits per heavy atom. The molecule has 2 N–H and O–H groups in total. The average Bonchev–Trinajstić information content (AvgIpc) is 2.53. The molecule has 2 rings (SSSR count). The molecule has 1 aliphatic rings. The Kier molecular flexibility index (Phi) is 6.37. The molecule has 5 heteroatoms. The zero-order valence-corrected chi connectivity index (χ0v) is 15.3. The van der Waals surface area contributed by atoms with Crippen LogP contribution in [-0.2, 0) is 22.4 Å². The molecule has 1 aromatic rings. The predicted octanol–water partition coefficient (Wildman–Crippen LogP) is 0.346. The zero-order chi connectivity index (χ0) is 17.7. The first-order valence-electron chi connectivity index (χ1n) is 8.79. The Hall–Kier alpha value is -1.88. The van der Waals surface area contributed by atoms with Crippen molar-refractivity contribution < 1.29 is 14.5 Å². The van der Waals surface area contributed by atoms with Gasteiger partial charge in [0.25, 0.3) is 11.8 Å². The second-order valence-electron chi connectivity index (χ2n) is 7.12. The highest BCUT2D eigenvalue weighted by atomic mass is 16.2. The fourth-order valence-electron chi connectivity index (χ4n) is 3.15. The van der Waals surface area contributed by atoms with Gasteiger partial charge in [0.1, 0.15) is 0 Å². The Balaban J connectivity index is 1.88. The third-order valence-electron chi connectivity index (χ3n) is 4.66. The Labute approximate surface area is 145 Å². The van der Waals surface area contributed by atoms with Crippen molar-refractivity contribution in [2.45, 2.75) is 38.6 Å². The molecule has 0 aromatic heterocycles. The van der Waals surface area contributed by atoms with Gasteiger partial charge >= 0.3 is 0 Å². The molecular formula is C19H30N3O2+. The van der Waals surface area contributed by atoms with Gasteiger partial charge in [0.15, 0.2) is 13.1 Å². The lowest BCUT2D eigenvalue weighted by Gasteiger charge is -2.21. The van der Waals surface area contributed by atoms with Gasteiger partial charge in [-0.3, -0.25) is 9.59 Å². The minimum absolute atomic E-state index is 0.0120. The van der Waals surface area contributed by atoms with Gasteiger partial charge in [0, 0.05) is 14.1 Å². The number of nitrogens with zero attached hydrogens (tertiary/aromatic N) is 1. The van der Waals surface area contributed by atoms with Crippen LogP contribution in [-0.4, -0.2) is 50.9 Å². The summed E-state index contributed by atoms with van der Waals surface area (Å²) >= 11 is 0. The maximum Gasteiger partial charge on any atom is 0.277 e. The highest BCUT2D eigenvalue weighted by Gasteiger charge is 2.18. The van der Waals surface area contributed by atoms with Crippen LogP contribution in [0.4, 0.5) is 0 Å². The number of carbonyl (C=O) groups excluding carboxylic acids is 2. The van der Waals surface area contributed by atoms with Crippen LogP contribution in [0.3, 0.4) is 0 Å². The summed E-state index contributed by atoms with van der Waals surface area (Å²) in [6.45, 7) is 2.64. The monoisotopic (exact) mass is 332 g/mol. The number of quaternary nitrogens is 1. The summed E-state index contributed by atoms with van der Waals surface area (Å²) in [4.78, 5) is 26.4. The smallest absolute Gasteiger partial charge is 0.277 e. The number of hydrogen-bond acceptors (Lipinski definition) is 2. The number of aryl methyl sites for hydroxylation is 2. The van der Waals surface area contributed by atoms with Gasteiger partial charge in [0.2, 0.25) is 0 Å². The van der Waals surface area contributed by atoms with Gasteiger partial charge in [-0.25, -0.2) is 0 Å². The summed E-state index contributed by atoms with van der Waals surface area (Å²) in [6.07, 6.45) is 4.85. The van der Waals surface area contributed by atoms with Gasteiger partial charge < -0.3 is 15.1 Å². The van der Waals surface area contributed by atoms with Crippen molar-refractivity contribution >= 4 is 11.8 Å². The van der Waals surface area contributed by atoms with Crippen LogP contribution in [0.1, 0.15) is 42.5 Å². The maximum atomic E-state index is 12.2. The summed E-state index contributed by atoms with van der Waals surface area (Å²) in [5.74, 6) is 0.00677. The lowest BCUT2D eigenvalue weighted by Crippen LogP contribution is -3.11. The van der Waals surface area contributed by atoms with E-state index in [1.54, 1.807) is 19.0 Å². The maximum absolute atomic E-state index is 12.2. The summed E-state index contributed by atoms with van der Waals surface area (Å²) in [5.41, 5.74) is 4.04. The fraction of sp³-hybridized carbons (Fsp3) is 0.579. The van der Waals surface area contributed by atoms with E-state index in [-0.39, 0.29) is 17.9 Å². The first kappa shape index (κ1) is 18.5. The van der Waals surface area contributed by atoms with E-state index >= 15 is 0 Å². The van der Waals surface area contributed by atoms with E-state index in [1.165, 1.54) is 30.4 Å². The fourth-order valence-corrected chi connectivity index (χ4v) is 3.15. The number of amides is 2. The Morgan fingerprint density at radius 3 is 2.50 bits per heavy atom. The summed E-state index contributed by atoms with van der Waals surface area (Å²) in [6, 6.07) is 6.56. The number of likely N-dealkylation sites (N-methyl/N-ethyl adjacent to an activating group) is 2. The van der Waals surface area contributed by atoms with E-state index in [2.05, 4.69) is 23.5 Å². The number of carbonyl (C=O) groups is 2. The third-order valence-corrected chi connectivity index (χ3v) is 4.66. The molecule has 2 amide bonds. The first-order valence-corrected chi connectivity index (χ1v) is 8.79. The lowest BCUT2D eigenvalue weighted by atomic mass is 9.89. The summed E-state index contributed by atoms with van der Waals surface area (Å²) in [7, 11) is 5.33. The largest absolute Gasteiger partial charge is 0.345 e. The van der Waals surface area contributed by atoms with Crippen molar-refractivity contribution in [2.75, 3.05) is 34.2 Å². The molecule has 1 unspecified atom stereocenters. The molecule has 0 spiro atoms. The quantitative estimate of drug-likeness (QED) is 0.790. The molecule has 0 heterocycles. The van der Waals surface area contributed by atoms with E-state index < -0.39 is 0 Å². The van der Waals surface area contributed by atoms with E-state index in [0.29, 0.717) is 13.1 Å².